The third-order valence-electron chi connectivity index (χ3n) is 4.82. The minimum Gasteiger partial charge on any atom is -0.481 e. The number of aryl methyl sites for hydroxylation is 1. The van der Waals surface area contributed by atoms with Crippen molar-refractivity contribution in [1.29, 1.82) is 0 Å². The van der Waals surface area contributed by atoms with Crippen LogP contribution in [0.1, 0.15) is 50.7 Å². The van der Waals surface area contributed by atoms with Crippen molar-refractivity contribution in [3.8, 4) is 5.75 Å². The van der Waals surface area contributed by atoms with Crippen LogP contribution in [0.3, 0.4) is 0 Å². The van der Waals surface area contributed by atoms with E-state index in [1.54, 1.807) is 11.8 Å². The Labute approximate surface area is 148 Å². The molecule has 1 aliphatic heterocycles. The molecule has 1 aliphatic rings. The average molecular weight is 349 g/mol. The van der Waals surface area contributed by atoms with Gasteiger partial charge in [0.1, 0.15) is 5.75 Å². The first kappa shape index (κ1) is 19.2. The molecular weight excluding hydrogens is 322 g/mol. The fourth-order valence-electron chi connectivity index (χ4n) is 3.19. The number of carboxylic acid groups (broad SMARTS) is 1. The van der Waals surface area contributed by atoms with E-state index in [9.17, 15) is 14.7 Å². The number of hydrogen-bond donors (Lipinski definition) is 2. The molecule has 6 nitrogen and oxygen atoms in total. The Kier molecular flexibility index (Phi) is 5.72. The van der Waals surface area contributed by atoms with E-state index in [-0.39, 0.29) is 31.8 Å². The second-order valence-electron chi connectivity index (χ2n) is 7.10. The second-order valence-corrected chi connectivity index (χ2v) is 7.10. The number of hydrogen-bond acceptors (Lipinski definition) is 4. The molecule has 0 saturated carbocycles. The number of rotatable bonds is 5. The Morgan fingerprint density at radius 2 is 1.80 bits per heavy atom. The quantitative estimate of drug-likeness (QED) is 0.852. The van der Waals surface area contributed by atoms with Gasteiger partial charge >= 0.3 is 5.97 Å². The van der Waals surface area contributed by atoms with Gasteiger partial charge < -0.3 is 19.8 Å². The Morgan fingerprint density at radius 3 is 2.28 bits per heavy atom. The highest BCUT2D eigenvalue weighted by molar-refractivity contribution is 5.82. The number of amides is 1. The van der Waals surface area contributed by atoms with Gasteiger partial charge in [0.15, 0.2) is 11.7 Å². The van der Waals surface area contributed by atoms with Crippen molar-refractivity contribution >= 4 is 11.9 Å². The molecule has 0 spiro atoms. The minimum absolute atomic E-state index is 0.0307. The number of carboxylic acids is 1. The zero-order valence-electron chi connectivity index (χ0n) is 15.3. The van der Waals surface area contributed by atoms with Gasteiger partial charge in [-0.05, 0) is 43.0 Å². The first-order valence-corrected chi connectivity index (χ1v) is 8.66. The predicted molar refractivity (Wildman–Crippen MR) is 93.8 cm³/mol. The van der Waals surface area contributed by atoms with Crippen molar-refractivity contribution in [3.05, 3.63) is 29.3 Å². The van der Waals surface area contributed by atoms with E-state index in [0.29, 0.717) is 11.7 Å². The van der Waals surface area contributed by atoms with Crippen LogP contribution in [0.25, 0.3) is 0 Å². The summed E-state index contributed by atoms with van der Waals surface area (Å²) in [4.78, 5) is 25.1. The zero-order valence-corrected chi connectivity index (χ0v) is 15.3. The Morgan fingerprint density at radius 1 is 1.20 bits per heavy atom. The van der Waals surface area contributed by atoms with Gasteiger partial charge in [-0.25, -0.2) is 4.79 Å². The van der Waals surface area contributed by atoms with E-state index in [1.807, 2.05) is 25.1 Å². The van der Waals surface area contributed by atoms with Crippen LogP contribution >= 0.6 is 0 Å². The molecule has 2 N–H and O–H groups in total. The molecule has 138 valence electrons. The number of nitrogens with zero attached hydrogens (tertiary/aromatic N) is 1. The molecular formula is C19H27NO5. The maximum Gasteiger partial charge on any atom is 0.335 e. The lowest BCUT2D eigenvalue weighted by Gasteiger charge is -2.36. The predicted octanol–water partition coefficient (Wildman–Crippen LogP) is 2.32. The van der Waals surface area contributed by atoms with Crippen LogP contribution in [0.5, 0.6) is 5.75 Å². The van der Waals surface area contributed by atoms with Crippen LogP contribution in [0.15, 0.2) is 18.2 Å². The fourth-order valence-corrected chi connectivity index (χ4v) is 3.19. The molecule has 1 amide bonds. The van der Waals surface area contributed by atoms with Gasteiger partial charge in [-0.3, -0.25) is 4.79 Å². The van der Waals surface area contributed by atoms with E-state index in [0.717, 1.165) is 5.56 Å². The van der Waals surface area contributed by atoms with Gasteiger partial charge in [-0.2, -0.15) is 0 Å². The van der Waals surface area contributed by atoms with E-state index in [2.05, 4.69) is 13.8 Å². The molecule has 0 aromatic heterocycles. The van der Waals surface area contributed by atoms with Gasteiger partial charge in [0, 0.05) is 25.9 Å². The van der Waals surface area contributed by atoms with E-state index in [4.69, 9.17) is 9.84 Å². The molecule has 0 bridgehead atoms. The third-order valence-corrected chi connectivity index (χ3v) is 4.82. The number of aliphatic carboxylic acids is 1. The molecule has 0 aliphatic carbocycles. The van der Waals surface area contributed by atoms with Gasteiger partial charge in [0.05, 0.1) is 0 Å². The van der Waals surface area contributed by atoms with Crippen molar-refractivity contribution in [2.75, 3.05) is 13.1 Å². The van der Waals surface area contributed by atoms with Crippen molar-refractivity contribution in [3.63, 3.8) is 0 Å². The summed E-state index contributed by atoms with van der Waals surface area (Å²) in [5.41, 5.74) is 0.636. The molecule has 1 heterocycles. The summed E-state index contributed by atoms with van der Waals surface area (Å²) >= 11 is 0. The van der Waals surface area contributed by atoms with E-state index in [1.165, 1.54) is 5.56 Å². The lowest BCUT2D eigenvalue weighted by molar-refractivity contribution is -0.166. The van der Waals surface area contributed by atoms with Gasteiger partial charge in [-0.1, -0.05) is 19.9 Å². The minimum atomic E-state index is -1.73. The van der Waals surface area contributed by atoms with Crippen LogP contribution in [-0.4, -0.2) is 51.8 Å². The Bertz CT molecular complexity index is 647. The summed E-state index contributed by atoms with van der Waals surface area (Å²) in [7, 11) is 0. The molecule has 6 heteroatoms. The lowest BCUT2D eigenvalue weighted by atomic mass is 9.91. The normalized spacial score (nSPS) is 18.1. The lowest BCUT2D eigenvalue weighted by Crippen LogP contribution is -2.53. The fraction of sp³-hybridized carbons (Fsp3) is 0.579. The van der Waals surface area contributed by atoms with Crippen LogP contribution in [0, 0.1) is 6.92 Å². The molecule has 2 rings (SSSR count). The maximum atomic E-state index is 12.5. The van der Waals surface area contributed by atoms with Crippen molar-refractivity contribution < 1.29 is 24.5 Å². The first-order chi connectivity index (χ1) is 11.6. The van der Waals surface area contributed by atoms with Gasteiger partial charge in [0.2, 0.25) is 0 Å². The van der Waals surface area contributed by atoms with Gasteiger partial charge in [-0.15, -0.1) is 0 Å². The summed E-state index contributed by atoms with van der Waals surface area (Å²) in [6, 6.07) is 5.81. The van der Waals surface area contributed by atoms with Crippen LogP contribution in [0.2, 0.25) is 0 Å². The highest BCUT2D eigenvalue weighted by atomic mass is 16.5. The molecule has 1 atom stereocenters. The van der Waals surface area contributed by atoms with Crippen molar-refractivity contribution in [1.82, 2.24) is 4.90 Å². The second kappa shape index (κ2) is 7.44. The zero-order chi connectivity index (χ0) is 18.8. The SMILES string of the molecule is Cc1cc(OC(C)C(=O)N2CCC(O)(C(=O)O)CC2)ccc1C(C)C. The number of carbonyl (C=O) groups is 2. The summed E-state index contributed by atoms with van der Waals surface area (Å²) in [6.45, 7) is 8.38. The van der Waals surface area contributed by atoms with Crippen LogP contribution in [0.4, 0.5) is 0 Å². The average Bonchev–Trinajstić information content (AvgIpc) is 2.54. The number of benzene rings is 1. The third kappa shape index (κ3) is 4.31. The van der Waals surface area contributed by atoms with Gasteiger partial charge in [0.25, 0.3) is 5.91 Å². The molecule has 1 fully saturated rings. The summed E-state index contributed by atoms with van der Waals surface area (Å²) in [5.74, 6) is -0.362. The number of aliphatic hydroxyl groups is 1. The highest BCUT2D eigenvalue weighted by Gasteiger charge is 2.41. The Balaban J connectivity index is 1.97. The molecule has 1 saturated heterocycles. The maximum absolute atomic E-state index is 12.5. The molecule has 1 aromatic carbocycles. The molecule has 1 aromatic rings. The number of ether oxygens (including phenoxy) is 1. The molecule has 0 radical (unpaired) electrons. The van der Waals surface area contributed by atoms with Crippen molar-refractivity contribution in [2.45, 2.75) is 58.2 Å². The number of likely N-dealkylation sites (tertiary alicyclic amines) is 1. The van der Waals surface area contributed by atoms with E-state index < -0.39 is 17.7 Å². The van der Waals surface area contributed by atoms with E-state index >= 15 is 0 Å². The number of piperidine rings is 1. The standard InChI is InChI=1S/C19H27NO5/c1-12(2)16-6-5-15(11-13(16)3)25-14(4)17(21)20-9-7-19(24,8-10-20)18(22)23/h5-6,11-12,14,24H,7-10H2,1-4H3,(H,22,23). The highest BCUT2D eigenvalue weighted by Crippen LogP contribution is 2.26. The summed E-state index contributed by atoms with van der Waals surface area (Å²) in [6.07, 6.45) is -0.605. The molecule has 1 unspecified atom stereocenters. The monoisotopic (exact) mass is 349 g/mol. The number of carbonyl (C=O) groups excluding carboxylic acids is 1. The smallest absolute Gasteiger partial charge is 0.335 e. The largest absolute Gasteiger partial charge is 0.481 e. The first-order valence-electron chi connectivity index (χ1n) is 8.66. The van der Waals surface area contributed by atoms with Crippen molar-refractivity contribution in [2.24, 2.45) is 0 Å². The summed E-state index contributed by atoms with van der Waals surface area (Å²) < 4.78 is 5.77. The molecule has 25 heavy (non-hydrogen) atoms. The Hall–Kier alpha value is -2.08. The summed E-state index contributed by atoms with van der Waals surface area (Å²) in [5, 5.41) is 19.0. The van der Waals surface area contributed by atoms with Crippen LogP contribution in [-0.2, 0) is 9.59 Å². The topological polar surface area (TPSA) is 87.1 Å². The van der Waals surface area contributed by atoms with Crippen LogP contribution < -0.4 is 4.74 Å².